The van der Waals surface area contributed by atoms with E-state index in [1.54, 1.807) is 29.7 Å². The van der Waals surface area contributed by atoms with Crippen molar-refractivity contribution in [1.29, 1.82) is 0 Å². The van der Waals surface area contributed by atoms with Crippen molar-refractivity contribution in [3.05, 3.63) is 29.8 Å². The first kappa shape index (κ1) is 12.7. The molecule has 1 amide bonds. The van der Waals surface area contributed by atoms with Gasteiger partial charge in [-0.25, -0.2) is 5.48 Å². The van der Waals surface area contributed by atoms with Gasteiger partial charge in [0.25, 0.3) is 5.91 Å². The summed E-state index contributed by atoms with van der Waals surface area (Å²) >= 11 is 0. The standard InChI is InChI=1S/C11H10F3NO3/c12-11(13,14)6-17-15-10(16)9-5-7-3-1-2-4-8(7)18-9/h1-4,9H,5-6H2,(H,15,16). The summed E-state index contributed by atoms with van der Waals surface area (Å²) in [6.45, 7) is -1.53. The number of fused-ring (bicyclic) bond motifs is 1. The average Bonchev–Trinajstić information content (AvgIpc) is 2.70. The lowest BCUT2D eigenvalue weighted by molar-refractivity contribution is -0.193. The molecule has 0 fully saturated rings. The molecular weight excluding hydrogens is 251 g/mol. The number of hydrogen-bond acceptors (Lipinski definition) is 3. The highest BCUT2D eigenvalue weighted by Crippen LogP contribution is 2.28. The molecule has 0 aromatic heterocycles. The average molecular weight is 261 g/mol. The van der Waals surface area contributed by atoms with E-state index in [1.807, 2.05) is 0 Å². The van der Waals surface area contributed by atoms with Crippen LogP contribution in [0.15, 0.2) is 24.3 Å². The maximum absolute atomic E-state index is 11.8. The molecule has 1 aromatic rings. The molecule has 0 saturated carbocycles. The van der Waals surface area contributed by atoms with Crippen LogP contribution in [0.1, 0.15) is 5.56 Å². The number of amides is 1. The largest absolute Gasteiger partial charge is 0.480 e. The number of hydrogen-bond donors (Lipinski definition) is 1. The van der Waals surface area contributed by atoms with Crippen molar-refractivity contribution in [2.45, 2.75) is 18.7 Å². The second kappa shape index (κ2) is 4.85. The molecule has 1 atom stereocenters. The summed E-state index contributed by atoms with van der Waals surface area (Å²) in [7, 11) is 0. The van der Waals surface area contributed by atoms with Crippen molar-refractivity contribution >= 4 is 5.91 Å². The number of para-hydroxylation sites is 1. The van der Waals surface area contributed by atoms with Gasteiger partial charge in [0.05, 0.1) is 0 Å². The van der Waals surface area contributed by atoms with E-state index in [9.17, 15) is 18.0 Å². The summed E-state index contributed by atoms with van der Waals surface area (Å²) in [5, 5.41) is 0. The minimum atomic E-state index is -4.48. The van der Waals surface area contributed by atoms with Crippen molar-refractivity contribution < 1.29 is 27.5 Å². The number of carbonyl (C=O) groups is 1. The second-order valence-corrected chi connectivity index (χ2v) is 3.79. The van der Waals surface area contributed by atoms with Crippen molar-refractivity contribution in [2.75, 3.05) is 6.61 Å². The van der Waals surface area contributed by atoms with Crippen LogP contribution in [0.5, 0.6) is 5.75 Å². The van der Waals surface area contributed by atoms with Crippen LogP contribution in [0.2, 0.25) is 0 Å². The van der Waals surface area contributed by atoms with Crippen LogP contribution in [0.3, 0.4) is 0 Å². The Morgan fingerprint density at radius 2 is 2.17 bits per heavy atom. The van der Waals surface area contributed by atoms with Gasteiger partial charge < -0.3 is 4.74 Å². The van der Waals surface area contributed by atoms with Gasteiger partial charge in [-0.3, -0.25) is 9.63 Å². The quantitative estimate of drug-likeness (QED) is 0.841. The fourth-order valence-electron chi connectivity index (χ4n) is 1.58. The van der Waals surface area contributed by atoms with E-state index >= 15 is 0 Å². The molecule has 1 aliphatic heterocycles. The maximum atomic E-state index is 11.8. The SMILES string of the molecule is O=C(NOCC(F)(F)F)C1Cc2ccccc2O1. The van der Waals surface area contributed by atoms with Gasteiger partial charge in [0, 0.05) is 6.42 Å². The summed E-state index contributed by atoms with van der Waals surface area (Å²) in [6, 6.07) is 7.03. The molecule has 1 N–H and O–H groups in total. The third-order valence-corrected chi connectivity index (χ3v) is 2.35. The Balaban J connectivity index is 1.83. The zero-order valence-electron chi connectivity index (χ0n) is 9.16. The van der Waals surface area contributed by atoms with E-state index in [0.717, 1.165) is 5.56 Å². The Kier molecular flexibility index (Phi) is 3.42. The Hall–Kier alpha value is -1.76. The summed E-state index contributed by atoms with van der Waals surface area (Å²) in [6.07, 6.45) is -5.01. The van der Waals surface area contributed by atoms with Gasteiger partial charge in [0.15, 0.2) is 12.7 Å². The highest BCUT2D eigenvalue weighted by molar-refractivity contribution is 5.81. The Morgan fingerprint density at radius 1 is 1.44 bits per heavy atom. The van der Waals surface area contributed by atoms with Crippen molar-refractivity contribution in [1.82, 2.24) is 5.48 Å². The molecule has 2 rings (SSSR count). The molecule has 0 aliphatic carbocycles. The van der Waals surface area contributed by atoms with E-state index in [1.165, 1.54) is 0 Å². The molecule has 1 unspecified atom stereocenters. The number of nitrogens with one attached hydrogen (secondary N) is 1. The van der Waals surface area contributed by atoms with Crippen molar-refractivity contribution in [3.63, 3.8) is 0 Å². The summed E-state index contributed by atoms with van der Waals surface area (Å²) in [5.41, 5.74) is 2.57. The molecule has 98 valence electrons. The van der Waals surface area contributed by atoms with Crippen LogP contribution in [0, 0.1) is 0 Å². The molecule has 4 nitrogen and oxygen atoms in total. The topological polar surface area (TPSA) is 47.6 Å². The Bertz CT molecular complexity index is 422. The number of carbonyl (C=O) groups excluding carboxylic acids is 1. The molecule has 0 saturated heterocycles. The lowest BCUT2D eigenvalue weighted by atomic mass is 10.1. The van der Waals surface area contributed by atoms with Crippen LogP contribution in [-0.2, 0) is 16.1 Å². The summed E-state index contributed by atoms with van der Waals surface area (Å²) < 4.78 is 40.7. The number of benzene rings is 1. The van der Waals surface area contributed by atoms with Gasteiger partial charge >= 0.3 is 6.18 Å². The van der Waals surface area contributed by atoms with Gasteiger partial charge in [-0.2, -0.15) is 13.2 Å². The molecule has 7 heteroatoms. The molecule has 0 radical (unpaired) electrons. The second-order valence-electron chi connectivity index (χ2n) is 3.79. The predicted octanol–water partition coefficient (Wildman–Crippen LogP) is 1.60. The highest BCUT2D eigenvalue weighted by Gasteiger charge is 2.31. The highest BCUT2D eigenvalue weighted by atomic mass is 19.4. The number of ether oxygens (including phenoxy) is 1. The summed E-state index contributed by atoms with van der Waals surface area (Å²) in [5.74, 6) is -0.163. The van der Waals surface area contributed by atoms with E-state index in [-0.39, 0.29) is 0 Å². The van der Waals surface area contributed by atoms with Crippen LogP contribution < -0.4 is 10.2 Å². The van der Waals surface area contributed by atoms with Crippen LogP contribution >= 0.6 is 0 Å². The minimum absolute atomic E-state index is 0.317. The first-order valence-corrected chi connectivity index (χ1v) is 5.19. The fraction of sp³-hybridized carbons (Fsp3) is 0.364. The number of rotatable bonds is 3. The predicted molar refractivity (Wildman–Crippen MR) is 54.7 cm³/mol. The molecular formula is C11H10F3NO3. The van der Waals surface area contributed by atoms with Crippen molar-refractivity contribution in [3.8, 4) is 5.75 Å². The van der Waals surface area contributed by atoms with Gasteiger partial charge in [0.2, 0.25) is 0 Å². The number of halogens is 3. The lowest BCUT2D eigenvalue weighted by Crippen LogP contribution is -2.39. The summed E-state index contributed by atoms with van der Waals surface area (Å²) in [4.78, 5) is 15.5. The molecule has 1 aliphatic rings. The first-order valence-electron chi connectivity index (χ1n) is 5.19. The van der Waals surface area contributed by atoms with E-state index < -0.39 is 24.8 Å². The maximum Gasteiger partial charge on any atom is 0.414 e. The van der Waals surface area contributed by atoms with Crippen molar-refractivity contribution in [2.24, 2.45) is 0 Å². The smallest absolute Gasteiger partial charge is 0.414 e. The molecule has 0 bridgehead atoms. The normalized spacial score (nSPS) is 18.1. The van der Waals surface area contributed by atoms with Crippen LogP contribution in [0.25, 0.3) is 0 Å². The monoisotopic (exact) mass is 261 g/mol. The van der Waals surface area contributed by atoms with E-state index in [2.05, 4.69) is 4.84 Å². The Labute approximate surface area is 101 Å². The van der Waals surface area contributed by atoms with E-state index in [0.29, 0.717) is 12.2 Å². The third kappa shape index (κ3) is 3.13. The molecule has 18 heavy (non-hydrogen) atoms. The molecule has 0 spiro atoms. The zero-order valence-corrected chi connectivity index (χ0v) is 9.16. The number of alkyl halides is 3. The van der Waals surface area contributed by atoms with Gasteiger partial charge in [0.1, 0.15) is 5.75 Å². The lowest BCUT2D eigenvalue weighted by Gasteiger charge is -2.12. The number of hydroxylamine groups is 1. The Morgan fingerprint density at radius 3 is 2.83 bits per heavy atom. The van der Waals surface area contributed by atoms with Gasteiger partial charge in [-0.05, 0) is 11.6 Å². The zero-order chi connectivity index (χ0) is 13.2. The van der Waals surface area contributed by atoms with E-state index in [4.69, 9.17) is 4.74 Å². The minimum Gasteiger partial charge on any atom is -0.480 e. The fourth-order valence-corrected chi connectivity index (χ4v) is 1.58. The van der Waals surface area contributed by atoms with Gasteiger partial charge in [-0.1, -0.05) is 18.2 Å². The van der Waals surface area contributed by atoms with Gasteiger partial charge in [-0.15, -0.1) is 0 Å². The van der Waals surface area contributed by atoms with Crippen LogP contribution in [0.4, 0.5) is 13.2 Å². The molecule has 1 aromatic carbocycles. The first-order chi connectivity index (χ1) is 8.46. The molecule has 1 heterocycles. The van der Waals surface area contributed by atoms with Crippen LogP contribution in [-0.4, -0.2) is 24.8 Å². The third-order valence-electron chi connectivity index (χ3n) is 2.35.